The normalized spacial score (nSPS) is 11.9. The summed E-state index contributed by atoms with van der Waals surface area (Å²) in [6.07, 6.45) is 0.385. The lowest BCUT2D eigenvalue weighted by Gasteiger charge is -2.11. The van der Waals surface area contributed by atoms with Gasteiger partial charge < -0.3 is 15.8 Å². The number of benzene rings is 1. The molecule has 7 heteroatoms. The summed E-state index contributed by atoms with van der Waals surface area (Å²) in [5.74, 6) is -0.393. The van der Waals surface area contributed by atoms with Crippen LogP contribution in [0.5, 0.6) is 0 Å². The zero-order chi connectivity index (χ0) is 14.4. The number of amides is 1. The highest BCUT2D eigenvalue weighted by Gasteiger charge is 2.16. The first-order valence-corrected chi connectivity index (χ1v) is 5.76. The molecule has 1 unspecified atom stereocenters. The fourth-order valence-corrected chi connectivity index (χ4v) is 1.49. The number of nitro groups is 1. The molecule has 0 aliphatic rings. The van der Waals surface area contributed by atoms with Crippen LogP contribution in [-0.2, 0) is 9.53 Å². The maximum Gasteiger partial charge on any atom is 0.274 e. The summed E-state index contributed by atoms with van der Waals surface area (Å²) in [5.41, 5.74) is 6.50. The van der Waals surface area contributed by atoms with E-state index >= 15 is 0 Å². The molecule has 0 spiro atoms. The Kier molecular flexibility index (Phi) is 5.40. The van der Waals surface area contributed by atoms with Gasteiger partial charge in [-0.1, -0.05) is 6.07 Å². The molecule has 104 valence electrons. The fraction of sp³-hybridized carbons (Fsp3) is 0.417. The van der Waals surface area contributed by atoms with Gasteiger partial charge in [-0.05, 0) is 19.4 Å². The van der Waals surface area contributed by atoms with Crippen LogP contribution in [0.25, 0.3) is 0 Å². The number of hydrogen-bond donors (Lipinski definition) is 2. The van der Waals surface area contributed by atoms with Crippen LogP contribution in [0.15, 0.2) is 18.2 Å². The minimum absolute atomic E-state index is 0.0386. The summed E-state index contributed by atoms with van der Waals surface area (Å²) < 4.78 is 4.83. The molecule has 1 aromatic rings. The first kappa shape index (κ1) is 15.1. The summed E-state index contributed by atoms with van der Waals surface area (Å²) in [4.78, 5) is 22.0. The van der Waals surface area contributed by atoms with Crippen molar-refractivity contribution < 1.29 is 14.5 Å². The second kappa shape index (κ2) is 6.81. The van der Waals surface area contributed by atoms with E-state index in [0.29, 0.717) is 24.3 Å². The van der Waals surface area contributed by atoms with Crippen LogP contribution in [0.2, 0.25) is 0 Å². The summed E-state index contributed by atoms with van der Waals surface area (Å²) >= 11 is 0. The highest BCUT2D eigenvalue weighted by atomic mass is 16.6. The van der Waals surface area contributed by atoms with Crippen molar-refractivity contribution in [2.45, 2.75) is 19.4 Å². The number of carbonyl (C=O) groups excluding carboxylic acids is 1. The smallest absolute Gasteiger partial charge is 0.274 e. The first-order valence-electron chi connectivity index (χ1n) is 5.76. The third-order valence-electron chi connectivity index (χ3n) is 2.64. The van der Waals surface area contributed by atoms with Crippen molar-refractivity contribution in [3.05, 3.63) is 33.9 Å². The second-order valence-electron chi connectivity index (χ2n) is 4.14. The Morgan fingerprint density at radius 1 is 1.58 bits per heavy atom. The standard InChI is InChI=1S/C12H17N3O4/c1-8-3-4-9(7-11(8)15(17)18)14-12(16)10(13)5-6-19-2/h3-4,7,10H,5-6,13H2,1-2H3,(H,14,16). The molecule has 3 N–H and O–H groups in total. The van der Waals surface area contributed by atoms with Gasteiger partial charge in [0.1, 0.15) is 0 Å². The number of nitrogens with two attached hydrogens (primary N) is 1. The largest absolute Gasteiger partial charge is 0.385 e. The predicted molar refractivity (Wildman–Crippen MR) is 70.9 cm³/mol. The van der Waals surface area contributed by atoms with Crippen LogP contribution in [0.1, 0.15) is 12.0 Å². The van der Waals surface area contributed by atoms with Gasteiger partial charge in [0.15, 0.2) is 0 Å². The van der Waals surface area contributed by atoms with Gasteiger partial charge in [-0.25, -0.2) is 0 Å². The number of rotatable bonds is 6. The Morgan fingerprint density at radius 2 is 2.26 bits per heavy atom. The Balaban J connectivity index is 2.74. The van der Waals surface area contributed by atoms with Crippen molar-refractivity contribution in [3.8, 4) is 0 Å². The molecule has 19 heavy (non-hydrogen) atoms. The SMILES string of the molecule is COCCC(N)C(=O)Nc1ccc(C)c([N+](=O)[O-])c1. The van der Waals surface area contributed by atoms with Crippen molar-refractivity contribution in [1.29, 1.82) is 0 Å². The van der Waals surface area contributed by atoms with Crippen LogP contribution >= 0.6 is 0 Å². The fourth-order valence-electron chi connectivity index (χ4n) is 1.49. The van der Waals surface area contributed by atoms with E-state index in [9.17, 15) is 14.9 Å². The molecule has 1 amide bonds. The number of anilines is 1. The number of ether oxygens (including phenoxy) is 1. The number of nitrogens with zero attached hydrogens (tertiary/aromatic N) is 1. The van der Waals surface area contributed by atoms with Gasteiger partial charge in [-0.3, -0.25) is 14.9 Å². The lowest BCUT2D eigenvalue weighted by atomic mass is 10.1. The lowest BCUT2D eigenvalue weighted by Crippen LogP contribution is -2.36. The number of nitrogens with one attached hydrogen (secondary N) is 1. The zero-order valence-corrected chi connectivity index (χ0v) is 10.9. The molecule has 0 aliphatic heterocycles. The van der Waals surface area contributed by atoms with Gasteiger partial charge in [-0.15, -0.1) is 0 Å². The van der Waals surface area contributed by atoms with Crippen LogP contribution < -0.4 is 11.1 Å². The molecule has 7 nitrogen and oxygen atoms in total. The second-order valence-corrected chi connectivity index (χ2v) is 4.14. The topological polar surface area (TPSA) is 107 Å². The van der Waals surface area contributed by atoms with Crippen LogP contribution in [-0.4, -0.2) is 30.6 Å². The summed E-state index contributed by atoms with van der Waals surface area (Å²) in [6.45, 7) is 2.01. The van der Waals surface area contributed by atoms with E-state index in [2.05, 4.69) is 5.32 Å². The quantitative estimate of drug-likeness (QED) is 0.595. The van der Waals surface area contributed by atoms with Gasteiger partial charge in [0, 0.05) is 31.0 Å². The number of methoxy groups -OCH3 is 1. The molecular weight excluding hydrogens is 250 g/mol. The van der Waals surface area contributed by atoms with Gasteiger partial charge in [0.2, 0.25) is 5.91 Å². The monoisotopic (exact) mass is 267 g/mol. The molecular formula is C12H17N3O4. The predicted octanol–water partition coefficient (Wildman–Crippen LogP) is 1.21. The number of hydrogen-bond acceptors (Lipinski definition) is 5. The van der Waals surface area contributed by atoms with E-state index in [1.165, 1.54) is 13.2 Å². The van der Waals surface area contributed by atoms with E-state index in [0.717, 1.165) is 0 Å². The molecule has 1 atom stereocenters. The van der Waals surface area contributed by atoms with E-state index in [1.807, 2.05) is 0 Å². The Morgan fingerprint density at radius 3 is 2.84 bits per heavy atom. The van der Waals surface area contributed by atoms with E-state index < -0.39 is 16.9 Å². The molecule has 0 fully saturated rings. The Labute approximate surface area is 110 Å². The molecule has 0 aromatic heterocycles. The summed E-state index contributed by atoms with van der Waals surface area (Å²) in [6, 6.07) is 3.79. The summed E-state index contributed by atoms with van der Waals surface area (Å²) in [5, 5.41) is 13.3. The third-order valence-corrected chi connectivity index (χ3v) is 2.64. The average molecular weight is 267 g/mol. The number of nitro benzene ring substituents is 1. The Bertz CT molecular complexity index is 476. The highest BCUT2D eigenvalue weighted by molar-refractivity contribution is 5.94. The van der Waals surface area contributed by atoms with Crippen molar-refractivity contribution >= 4 is 17.3 Å². The lowest BCUT2D eigenvalue weighted by molar-refractivity contribution is -0.385. The van der Waals surface area contributed by atoms with Crippen LogP contribution in [0.4, 0.5) is 11.4 Å². The zero-order valence-electron chi connectivity index (χ0n) is 10.9. The molecule has 0 saturated heterocycles. The minimum Gasteiger partial charge on any atom is -0.385 e. The van der Waals surface area contributed by atoms with Crippen LogP contribution in [0, 0.1) is 17.0 Å². The Hall–Kier alpha value is -1.99. The van der Waals surface area contributed by atoms with Crippen molar-refractivity contribution in [2.75, 3.05) is 19.0 Å². The molecule has 0 saturated carbocycles. The highest BCUT2D eigenvalue weighted by Crippen LogP contribution is 2.22. The molecule has 1 aromatic carbocycles. The molecule has 1 rings (SSSR count). The molecule has 0 bridgehead atoms. The van der Waals surface area contributed by atoms with E-state index in [1.54, 1.807) is 19.1 Å². The molecule has 0 heterocycles. The van der Waals surface area contributed by atoms with Gasteiger partial charge in [-0.2, -0.15) is 0 Å². The van der Waals surface area contributed by atoms with Crippen molar-refractivity contribution in [2.24, 2.45) is 5.73 Å². The first-order chi connectivity index (χ1) is 8.95. The number of aryl methyl sites for hydroxylation is 1. The van der Waals surface area contributed by atoms with E-state index in [-0.39, 0.29) is 5.69 Å². The van der Waals surface area contributed by atoms with Crippen LogP contribution in [0.3, 0.4) is 0 Å². The summed E-state index contributed by atoms with van der Waals surface area (Å²) in [7, 11) is 1.52. The average Bonchev–Trinajstić information content (AvgIpc) is 2.37. The van der Waals surface area contributed by atoms with Gasteiger partial charge >= 0.3 is 0 Å². The maximum atomic E-state index is 11.7. The van der Waals surface area contributed by atoms with Gasteiger partial charge in [0.25, 0.3) is 5.69 Å². The van der Waals surface area contributed by atoms with Crippen molar-refractivity contribution in [1.82, 2.24) is 0 Å². The maximum absolute atomic E-state index is 11.7. The van der Waals surface area contributed by atoms with E-state index in [4.69, 9.17) is 10.5 Å². The minimum atomic E-state index is -0.708. The number of carbonyl (C=O) groups is 1. The third kappa shape index (κ3) is 4.31. The molecule has 0 radical (unpaired) electrons. The molecule has 0 aliphatic carbocycles. The van der Waals surface area contributed by atoms with Gasteiger partial charge in [0.05, 0.1) is 11.0 Å². The van der Waals surface area contributed by atoms with Crippen molar-refractivity contribution in [3.63, 3.8) is 0 Å².